The molecular formula is C9H18FNO2. The zero-order valence-corrected chi connectivity index (χ0v) is 7.82. The minimum Gasteiger partial charge on any atom is -0.395 e. The zero-order valence-electron chi connectivity index (χ0n) is 7.82. The predicted molar refractivity (Wildman–Crippen MR) is 48.2 cm³/mol. The zero-order chi connectivity index (χ0) is 9.68. The van der Waals surface area contributed by atoms with Crippen LogP contribution in [0.4, 0.5) is 4.39 Å². The summed E-state index contributed by atoms with van der Waals surface area (Å²) in [6, 6.07) is 0. The number of hydrogen-bond donors (Lipinski definition) is 2. The molecule has 0 spiro atoms. The van der Waals surface area contributed by atoms with Crippen LogP contribution in [-0.4, -0.2) is 54.1 Å². The van der Waals surface area contributed by atoms with Crippen LogP contribution >= 0.6 is 0 Å². The fourth-order valence-electron chi connectivity index (χ4n) is 1.86. The second-order valence-corrected chi connectivity index (χ2v) is 3.62. The summed E-state index contributed by atoms with van der Waals surface area (Å²) in [6.07, 6.45) is 0.777. The first-order chi connectivity index (χ1) is 6.27. The smallest absolute Gasteiger partial charge is 0.0898 e. The average Bonchev–Trinajstić information content (AvgIpc) is 2.12. The Labute approximate surface area is 78.2 Å². The molecule has 0 aliphatic carbocycles. The number of β-amino-alcohol motifs (C(OH)–C–C–N with tert-alkyl or cyclic N) is 1. The third-order valence-corrected chi connectivity index (χ3v) is 2.67. The highest BCUT2D eigenvalue weighted by Crippen LogP contribution is 2.19. The highest BCUT2D eigenvalue weighted by atomic mass is 19.1. The molecule has 0 amide bonds. The minimum atomic E-state index is -0.366. The maximum atomic E-state index is 12.1. The Morgan fingerprint density at radius 1 is 1.46 bits per heavy atom. The van der Waals surface area contributed by atoms with Crippen LogP contribution in [0.5, 0.6) is 0 Å². The number of nitrogens with zero attached hydrogens (tertiary/aromatic N) is 1. The average molecular weight is 191 g/mol. The Balaban J connectivity index is 2.33. The van der Waals surface area contributed by atoms with Gasteiger partial charge in [0.05, 0.1) is 19.4 Å². The molecule has 2 atom stereocenters. The van der Waals surface area contributed by atoms with E-state index >= 15 is 0 Å². The van der Waals surface area contributed by atoms with Crippen LogP contribution in [0.1, 0.15) is 12.8 Å². The topological polar surface area (TPSA) is 43.7 Å². The lowest BCUT2D eigenvalue weighted by molar-refractivity contribution is 0.0150. The van der Waals surface area contributed by atoms with Crippen molar-refractivity contribution in [3.05, 3.63) is 0 Å². The first kappa shape index (κ1) is 10.9. The second-order valence-electron chi connectivity index (χ2n) is 3.62. The van der Waals surface area contributed by atoms with Gasteiger partial charge in [-0.2, -0.15) is 0 Å². The molecule has 1 rings (SSSR count). The Morgan fingerprint density at radius 3 is 2.85 bits per heavy atom. The normalized spacial score (nSPS) is 30.7. The van der Waals surface area contributed by atoms with Crippen LogP contribution in [0.15, 0.2) is 0 Å². The maximum Gasteiger partial charge on any atom is 0.0898 e. The van der Waals surface area contributed by atoms with Gasteiger partial charge in [-0.3, -0.25) is 4.39 Å². The summed E-state index contributed by atoms with van der Waals surface area (Å²) in [4.78, 5) is 2.08. The second kappa shape index (κ2) is 5.52. The van der Waals surface area contributed by atoms with Crippen molar-refractivity contribution in [1.29, 1.82) is 0 Å². The van der Waals surface area contributed by atoms with E-state index in [1.807, 2.05) is 0 Å². The standard InChI is InChI=1S/C9H18FNO2/c10-3-1-8-7-11(5-6-12)4-2-9(8)13/h8-9,12-13H,1-7H2/t8-,9+/m0/s1. The fourth-order valence-corrected chi connectivity index (χ4v) is 1.86. The molecular weight excluding hydrogens is 173 g/mol. The van der Waals surface area contributed by atoms with E-state index in [1.54, 1.807) is 0 Å². The molecule has 1 saturated heterocycles. The highest BCUT2D eigenvalue weighted by molar-refractivity contribution is 4.79. The van der Waals surface area contributed by atoms with E-state index in [4.69, 9.17) is 5.11 Å². The number of aliphatic hydroxyl groups excluding tert-OH is 2. The molecule has 4 heteroatoms. The molecule has 3 nitrogen and oxygen atoms in total. The molecule has 0 bridgehead atoms. The van der Waals surface area contributed by atoms with E-state index in [-0.39, 0.29) is 25.3 Å². The molecule has 2 N–H and O–H groups in total. The van der Waals surface area contributed by atoms with Crippen LogP contribution in [-0.2, 0) is 0 Å². The quantitative estimate of drug-likeness (QED) is 0.658. The van der Waals surface area contributed by atoms with Crippen molar-refractivity contribution in [1.82, 2.24) is 4.90 Å². The maximum absolute atomic E-state index is 12.1. The van der Waals surface area contributed by atoms with Crippen molar-refractivity contribution in [3.8, 4) is 0 Å². The summed E-state index contributed by atoms with van der Waals surface area (Å²) in [5, 5.41) is 18.3. The summed E-state index contributed by atoms with van der Waals surface area (Å²) in [6.45, 7) is 1.93. The lowest BCUT2D eigenvalue weighted by Crippen LogP contribution is -2.44. The Morgan fingerprint density at radius 2 is 2.23 bits per heavy atom. The van der Waals surface area contributed by atoms with Gasteiger partial charge in [-0.05, 0) is 12.8 Å². The largest absolute Gasteiger partial charge is 0.395 e. The molecule has 0 aromatic rings. The number of piperidine rings is 1. The van der Waals surface area contributed by atoms with Crippen LogP contribution in [0.25, 0.3) is 0 Å². The first-order valence-electron chi connectivity index (χ1n) is 4.85. The summed E-state index contributed by atoms with van der Waals surface area (Å²) in [5.74, 6) is 0.0466. The van der Waals surface area contributed by atoms with E-state index < -0.39 is 0 Å². The van der Waals surface area contributed by atoms with E-state index in [0.29, 0.717) is 25.9 Å². The van der Waals surface area contributed by atoms with Gasteiger partial charge in [0.1, 0.15) is 0 Å². The number of rotatable bonds is 4. The summed E-state index contributed by atoms with van der Waals surface area (Å²) >= 11 is 0. The van der Waals surface area contributed by atoms with Gasteiger partial charge >= 0.3 is 0 Å². The number of aliphatic hydroxyl groups is 2. The van der Waals surface area contributed by atoms with Crippen molar-refractivity contribution >= 4 is 0 Å². The van der Waals surface area contributed by atoms with Gasteiger partial charge in [-0.1, -0.05) is 0 Å². The first-order valence-corrected chi connectivity index (χ1v) is 4.85. The van der Waals surface area contributed by atoms with Crippen molar-refractivity contribution in [2.75, 3.05) is 32.9 Å². The molecule has 1 aliphatic rings. The van der Waals surface area contributed by atoms with Crippen LogP contribution in [0.3, 0.4) is 0 Å². The van der Waals surface area contributed by atoms with Gasteiger partial charge in [0.2, 0.25) is 0 Å². The monoisotopic (exact) mass is 191 g/mol. The minimum absolute atomic E-state index is 0.0466. The summed E-state index contributed by atoms with van der Waals surface area (Å²) < 4.78 is 12.1. The molecule has 1 heterocycles. The number of likely N-dealkylation sites (tertiary alicyclic amines) is 1. The van der Waals surface area contributed by atoms with Gasteiger partial charge < -0.3 is 15.1 Å². The van der Waals surface area contributed by atoms with Crippen LogP contribution in [0.2, 0.25) is 0 Å². The Hall–Kier alpha value is -0.190. The van der Waals surface area contributed by atoms with Gasteiger partial charge in [0.15, 0.2) is 0 Å². The van der Waals surface area contributed by atoms with Gasteiger partial charge in [0, 0.05) is 25.6 Å². The fraction of sp³-hybridized carbons (Fsp3) is 1.00. The van der Waals surface area contributed by atoms with E-state index in [0.717, 1.165) is 6.54 Å². The van der Waals surface area contributed by atoms with E-state index in [1.165, 1.54) is 0 Å². The van der Waals surface area contributed by atoms with Crippen molar-refractivity contribution in [2.24, 2.45) is 5.92 Å². The Bertz CT molecular complexity index is 146. The van der Waals surface area contributed by atoms with Crippen molar-refractivity contribution in [2.45, 2.75) is 18.9 Å². The van der Waals surface area contributed by atoms with Crippen molar-refractivity contribution < 1.29 is 14.6 Å². The molecule has 78 valence electrons. The Kier molecular flexibility index (Phi) is 4.62. The molecule has 0 aromatic heterocycles. The van der Waals surface area contributed by atoms with Crippen LogP contribution < -0.4 is 0 Å². The van der Waals surface area contributed by atoms with Crippen LogP contribution in [0, 0.1) is 5.92 Å². The molecule has 0 saturated carbocycles. The van der Waals surface area contributed by atoms with E-state index in [9.17, 15) is 9.50 Å². The third kappa shape index (κ3) is 3.21. The molecule has 0 aromatic carbocycles. The summed E-state index contributed by atoms with van der Waals surface area (Å²) in [5.41, 5.74) is 0. The molecule has 13 heavy (non-hydrogen) atoms. The number of hydrogen-bond acceptors (Lipinski definition) is 3. The third-order valence-electron chi connectivity index (χ3n) is 2.67. The van der Waals surface area contributed by atoms with Gasteiger partial charge in [-0.15, -0.1) is 0 Å². The molecule has 1 aliphatic heterocycles. The van der Waals surface area contributed by atoms with Gasteiger partial charge in [-0.25, -0.2) is 0 Å². The molecule has 0 unspecified atom stereocenters. The SMILES string of the molecule is OCCN1CC[C@@H](O)[C@@H](CCF)C1. The predicted octanol–water partition coefficient (Wildman–Crippen LogP) is 0.0211. The number of halogens is 1. The van der Waals surface area contributed by atoms with E-state index in [2.05, 4.69) is 4.90 Å². The number of alkyl halides is 1. The highest BCUT2D eigenvalue weighted by Gasteiger charge is 2.26. The lowest BCUT2D eigenvalue weighted by atomic mass is 9.92. The molecule has 1 fully saturated rings. The molecule has 0 radical (unpaired) electrons. The van der Waals surface area contributed by atoms with Crippen molar-refractivity contribution in [3.63, 3.8) is 0 Å². The lowest BCUT2D eigenvalue weighted by Gasteiger charge is -2.35. The summed E-state index contributed by atoms with van der Waals surface area (Å²) in [7, 11) is 0. The van der Waals surface area contributed by atoms with Gasteiger partial charge in [0.25, 0.3) is 0 Å².